The van der Waals surface area contributed by atoms with Crippen molar-refractivity contribution in [1.82, 2.24) is 4.90 Å². The first-order valence-electron chi connectivity index (χ1n) is 7.87. The first-order valence-corrected chi connectivity index (χ1v) is 8.67. The number of hydrogen-bond donors (Lipinski definition) is 1. The molecule has 2 aromatic rings. The number of aryl methyl sites for hydroxylation is 1. The Morgan fingerprint density at radius 3 is 2.57 bits per heavy atom. The molecule has 3 nitrogen and oxygen atoms in total. The molecule has 23 heavy (non-hydrogen) atoms. The summed E-state index contributed by atoms with van der Waals surface area (Å²) in [5, 5.41) is 9.59. The van der Waals surface area contributed by atoms with Gasteiger partial charge in [0.1, 0.15) is 6.04 Å². The van der Waals surface area contributed by atoms with Gasteiger partial charge < -0.3 is 5.11 Å². The highest BCUT2D eigenvalue weighted by Crippen LogP contribution is 2.38. The number of hydrogen-bond acceptors (Lipinski definition) is 2. The maximum atomic E-state index is 11.7. The van der Waals surface area contributed by atoms with Crippen LogP contribution < -0.4 is 0 Å². The average molecular weight is 374 g/mol. The fourth-order valence-corrected chi connectivity index (χ4v) is 3.86. The van der Waals surface area contributed by atoms with E-state index in [9.17, 15) is 9.90 Å². The molecule has 2 atom stereocenters. The molecule has 1 aliphatic heterocycles. The maximum absolute atomic E-state index is 11.7. The Kier molecular flexibility index (Phi) is 4.83. The number of halogens is 1. The van der Waals surface area contributed by atoms with Gasteiger partial charge in [-0.15, -0.1) is 0 Å². The third-order valence-electron chi connectivity index (χ3n) is 4.50. The first-order chi connectivity index (χ1) is 11.1. The Balaban J connectivity index is 2.08. The number of carboxylic acids is 1. The minimum absolute atomic E-state index is 0.0465. The SMILES string of the molecule is Cc1ccc(C(c2ccccc2Br)N2CCCC2C(=O)O)cc1. The van der Waals surface area contributed by atoms with Gasteiger partial charge in [0.2, 0.25) is 0 Å². The molecule has 2 unspecified atom stereocenters. The fraction of sp³-hybridized carbons (Fsp3) is 0.316. The van der Waals surface area contributed by atoms with Gasteiger partial charge in [0.15, 0.2) is 0 Å². The average Bonchev–Trinajstić information content (AvgIpc) is 3.01. The Morgan fingerprint density at radius 2 is 1.91 bits per heavy atom. The van der Waals surface area contributed by atoms with E-state index in [0.29, 0.717) is 6.42 Å². The molecule has 1 aliphatic rings. The monoisotopic (exact) mass is 373 g/mol. The van der Waals surface area contributed by atoms with E-state index < -0.39 is 12.0 Å². The lowest BCUT2D eigenvalue weighted by atomic mass is 9.95. The summed E-state index contributed by atoms with van der Waals surface area (Å²) in [6.07, 6.45) is 1.63. The normalized spacial score (nSPS) is 19.7. The molecule has 4 heteroatoms. The molecule has 0 saturated carbocycles. The quantitative estimate of drug-likeness (QED) is 0.863. The highest BCUT2D eigenvalue weighted by molar-refractivity contribution is 9.10. The van der Waals surface area contributed by atoms with Gasteiger partial charge in [-0.25, -0.2) is 0 Å². The lowest BCUT2D eigenvalue weighted by molar-refractivity contribution is -0.142. The van der Waals surface area contributed by atoms with E-state index in [-0.39, 0.29) is 6.04 Å². The van der Waals surface area contributed by atoms with Crippen LogP contribution in [-0.4, -0.2) is 28.6 Å². The zero-order chi connectivity index (χ0) is 16.4. The van der Waals surface area contributed by atoms with Gasteiger partial charge in [0.05, 0.1) is 6.04 Å². The van der Waals surface area contributed by atoms with E-state index in [1.165, 1.54) is 5.56 Å². The van der Waals surface area contributed by atoms with E-state index in [2.05, 4.69) is 58.1 Å². The summed E-state index contributed by atoms with van der Waals surface area (Å²) in [5.41, 5.74) is 3.45. The summed E-state index contributed by atoms with van der Waals surface area (Å²) in [5.74, 6) is -0.730. The van der Waals surface area contributed by atoms with Crippen molar-refractivity contribution in [3.63, 3.8) is 0 Å². The maximum Gasteiger partial charge on any atom is 0.320 e. The molecular weight excluding hydrogens is 354 g/mol. The highest BCUT2D eigenvalue weighted by Gasteiger charge is 2.37. The van der Waals surface area contributed by atoms with Crippen molar-refractivity contribution in [2.75, 3.05) is 6.54 Å². The van der Waals surface area contributed by atoms with Crippen LogP contribution >= 0.6 is 15.9 Å². The van der Waals surface area contributed by atoms with Crippen LogP contribution in [0, 0.1) is 6.92 Å². The van der Waals surface area contributed by atoms with Crippen molar-refractivity contribution >= 4 is 21.9 Å². The molecule has 0 aromatic heterocycles. The molecule has 120 valence electrons. The first kappa shape index (κ1) is 16.2. The van der Waals surface area contributed by atoms with Gasteiger partial charge in [-0.1, -0.05) is 64.0 Å². The number of benzene rings is 2. The predicted molar refractivity (Wildman–Crippen MR) is 94.5 cm³/mol. The van der Waals surface area contributed by atoms with Crippen molar-refractivity contribution in [1.29, 1.82) is 0 Å². The second kappa shape index (κ2) is 6.85. The number of likely N-dealkylation sites (tertiary alicyclic amines) is 1. The lowest BCUT2D eigenvalue weighted by Gasteiger charge is -2.32. The standard InChI is InChI=1S/C19H20BrNO2/c1-13-8-10-14(11-9-13)18(15-5-2-3-6-16(15)20)21-12-4-7-17(21)19(22)23/h2-3,5-6,8-11,17-18H,4,7,12H2,1H3,(H,22,23). The van der Waals surface area contributed by atoms with Crippen LogP contribution in [0.2, 0.25) is 0 Å². The van der Waals surface area contributed by atoms with E-state index in [4.69, 9.17) is 0 Å². The van der Waals surface area contributed by atoms with Crippen molar-refractivity contribution in [2.24, 2.45) is 0 Å². The van der Waals surface area contributed by atoms with Crippen molar-refractivity contribution < 1.29 is 9.90 Å². The second-order valence-corrected chi connectivity index (χ2v) is 6.92. The smallest absolute Gasteiger partial charge is 0.320 e. The summed E-state index contributed by atoms with van der Waals surface area (Å²) >= 11 is 3.64. The van der Waals surface area contributed by atoms with Crippen molar-refractivity contribution in [3.05, 3.63) is 69.7 Å². The Morgan fingerprint density at radius 1 is 1.22 bits per heavy atom. The van der Waals surface area contributed by atoms with Gasteiger partial charge in [0.25, 0.3) is 0 Å². The van der Waals surface area contributed by atoms with Crippen LogP contribution in [0.25, 0.3) is 0 Å². The number of aliphatic carboxylic acids is 1. The largest absolute Gasteiger partial charge is 0.480 e. The number of carboxylic acid groups (broad SMARTS) is 1. The van der Waals surface area contributed by atoms with Crippen LogP contribution in [-0.2, 0) is 4.79 Å². The topological polar surface area (TPSA) is 40.5 Å². The van der Waals surface area contributed by atoms with Gasteiger partial charge in [-0.3, -0.25) is 9.69 Å². The lowest BCUT2D eigenvalue weighted by Crippen LogP contribution is -2.39. The van der Waals surface area contributed by atoms with Gasteiger partial charge in [-0.05, 0) is 37.0 Å². The number of nitrogens with zero attached hydrogens (tertiary/aromatic N) is 1. The van der Waals surface area contributed by atoms with E-state index in [1.54, 1.807) is 0 Å². The summed E-state index contributed by atoms with van der Waals surface area (Å²) in [4.78, 5) is 13.8. The van der Waals surface area contributed by atoms with Crippen LogP contribution in [0.15, 0.2) is 53.0 Å². The molecule has 0 aliphatic carbocycles. The van der Waals surface area contributed by atoms with Crippen LogP contribution in [0.1, 0.15) is 35.6 Å². The Bertz CT molecular complexity index is 699. The molecular formula is C19H20BrNO2. The molecule has 1 N–H and O–H groups in total. The third kappa shape index (κ3) is 3.33. The summed E-state index contributed by atoms with van der Waals surface area (Å²) in [6.45, 7) is 2.87. The summed E-state index contributed by atoms with van der Waals surface area (Å²) in [7, 11) is 0. The van der Waals surface area contributed by atoms with Crippen molar-refractivity contribution in [3.8, 4) is 0 Å². The van der Waals surface area contributed by atoms with Gasteiger partial charge in [-0.2, -0.15) is 0 Å². The molecule has 0 amide bonds. The van der Waals surface area contributed by atoms with Crippen LogP contribution in [0.4, 0.5) is 0 Å². The van der Waals surface area contributed by atoms with E-state index in [1.807, 2.05) is 18.2 Å². The van der Waals surface area contributed by atoms with Crippen molar-refractivity contribution in [2.45, 2.75) is 31.8 Å². The summed E-state index contributed by atoms with van der Waals surface area (Å²) < 4.78 is 1.02. The number of rotatable bonds is 4. The zero-order valence-electron chi connectivity index (χ0n) is 13.1. The van der Waals surface area contributed by atoms with Crippen LogP contribution in [0.3, 0.4) is 0 Å². The third-order valence-corrected chi connectivity index (χ3v) is 5.23. The van der Waals surface area contributed by atoms with Gasteiger partial charge >= 0.3 is 5.97 Å². The molecule has 0 radical (unpaired) electrons. The zero-order valence-corrected chi connectivity index (χ0v) is 14.7. The minimum Gasteiger partial charge on any atom is -0.480 e. The predicted octanol–water partition coefficient (Wildman–Crippen LogP) is 4.40. The van der Waals surface area contributed by atoms with E-state index in [0.717, 1.165) is 28.6 Å². The second-order valence-electron chi connectivity index (χ2n) is 6.07. The Hall–Kier alpha value is -1.65. The molecule has 0 spiro atoms. The highest BCUT2D eigenvalue weighted by atomic mass is 79.9. The molecule has 2 aromatic carbocycles. The summed E-state index contributed by atoms with van der Waals surface area (Å²) in [6, 6.07) is 16.0. The molecule has 1 saturated heterocycles. The molecule has 1 heterocycles. The Labute approximate surface area is 145 Å². The van der Waals surface area contributed by atoms with Crippen LogP contribution in [0.5, 0.6) is 0 Å². The number of carbonyl (C=O) groups is 1. The fourth-order valence-electron chi connectivity index (χ4n) is 3.36. The molecule has 1 fully saturated rings. The molecule has 3 rings (SSSR count). The molecule has 0 bridgehead atoms. The minimum atomic E-state index is -0.730. The van der Waals surface area contributed by atoms with E-state index >= 15 is 0 Å². The van der Waals surface area contributed by atoms with Gasteiger partial charge in [0, 0.05) is 11.0 Å².